The van der Waals surface area contributed by atoms with Gasteiger partial charge in [0.05, 0.1) is 7.11 Å². The molecule has 0 spiro atoms. The Kier molecular flexibility index (Phi) is 5.44. The Morgan fingerprint density at radius 1 is 1.43 bits per heavy atom. The predicted molar refractivity (Wildman–Crippen MR) is 81.6 cm³/mol. The summed E-state index contributed by atoms with van der Waals surface area (Å²) in [5, 5.41) is 9.85. The van der Waals surface area contributed by atoms with Crippen LogP contribution in [0.3, 0.4) is 0 Å². The smallest absolute Gasteiger partial charge is 0.254 e. The molecule has 5 nitrogen and oxygen atoms in total. The second-order valence-corrected chi connectivity index (χ2v) is 5.47. The van der Waals surface area contributed by atoms with Gasteiger partial charge in [0.2, 0.25) is 0 Å². The molecule has 116 valence electrons. The maximum Gasteiger partial charge on any atom is 0.254 e. The summed E-state index contributed by atoms with van der Waals surface area (Å²) < 4.78 is 5.01. The van der Waals surface area contributed by atoms with Crippen LogP contribution in [0.4, 0.5) is 0 Å². The number of hydrogen-bond acceptors (Lipinski definition) is 4. The predicted octanol–water partition coefficient (Wildman–Crippen LogP) is 2.13. The third-order valence-electron chi connectivity index (χ3n) is 4.06. The van der Waals surface area contributed by atoms with Crippen molar-refractivity contribution < 1.29 is 14.6 Å². The second kappa shape index (κ2) is 7.31. The fraction of sp³-hybridized carbons (Fsp3) is 0.562. The van der Waals surface area contributed by atoms with E-state index in [9.17, 15) is 9.90 Å². The number of rotatable bonds is 6. The number of nitrogens with two attached hydrogens (primary N) is 1. The number of hydrogen-bond donors (Lipinski definition) is 2. The van der Waals surface area contributed by atoms with E-state index in [4.69, 9.17) is 10.5 Å². The lowest BCUT2D eigenvalue weighted by Gasteiger charge is -2.29. The van der Waals surface area contributed by atoms with Crippen LogP contribution >= 0.6 is 0 Å². The molecular weight excluding hydrogens is 268 g/mol. The highest BCUT2D eigenvalue weighted by Crippen LogP contribution is 2.29. The topological polar surface area (TPSA) is 75.8 Å². The Balaban J connectivity index is 2.18. The lowest BCUT2D eigenvalue weighted by atomic mass is 10.1. The highest BCUT2D eigenvalue weighted by Gasteiger charge is 2.27. The molecule has 0 heterocycles. The van der Waals surface area contributed by atoms with Gasteiger partial charge in [0.25, 0.3) is 5.91 Å². The van der Waals surface area contributed by atoms with Crippen molar-refractivity contribution in [2.24, 2.45) is 5.73 Å². The van der Waals surface area contributed by atoms with Crippen LogP contribution in [-0.4, -0.2) is 42.2 Å². The van der Waals surface area contributed by atoms with E-state index in [0.717, 1.165) is 19.3 Å². The van der Waals surface area contributed by atoms with Crippen molar-refractivity contribution in [3.8, 4) is 11.5 Å². The summed E-state index contributed by atoms with van der Waals surface area (Å²) in [6, 6.07) is 5.10. The minimum atomic E-state index is -0.0340. The minimum absolute atomic E-state index is 0.00598. The van der Waals surface area contributed by atoms with Gasteiger partial charge < -0.3 is 20.5 Å². The number of nitrogens with zero attached hydrogens (tertiary/aromatic N) is 1. The highest BCUT2D eigenvalue weighted by atomic mass is 16.5. The molecule has 1 aliphatic carbocycles. The normalized spacial score (nSPS) is 15.1. The summed E-state index contributed by atoms with van der Waals surface area (Å²) in [7, 11) is 1.49. The Morgan fingerprint density at radius 3 is 2.71 bits per heavy atom. The zero-order valence-electron chi connectivity index (χ0n) is 12.5. The third-order valence-corrected chi connectivity index (χ3v) is 4.06. The summed E-state index contributed by atoms with van der Waals surface area (Å²) in [4.78, 5) is 14.6. The Morgan fingerprint density at radius 2 is 2.14 bits per heavy atom. The number of phenolic OH excluding ortho intramolecular Hbond substituents is 1. The minimum Gasteiger partial charge on any atom is -0.504 e. The molecule has 1 aliphatic rings. The van der Waals surface area contributed by atoms with Crippen LogP contribution in [0.5, 0.6) is 11.5 Å². The number of ether oxygens (including phenoxy) is 1. The summed E-state index contributed by atoms with van der Waals surface area (Å²) in [5.74, 6) is 0.336. The molecule has 1 aromatic carbocycles. The van der Waals surface area contributed by atoms with Gasteiger partial charge in [-0.05, 0) is 44.0 Å². The molecule has 1 amide bonds. The zero-order valence-corrected chi connectivity index (χ0v) is 12.5. The number of methoxy groups -OCH3 is 1. The molecule has 1 fully saturated rings. The SMILES string of the molecule is COc1ccc(C(=O)N(CCCN)C2CCCC2)cc1O. The van der Waals surface area contributed by atoms with Crippen LogP contribution < -0.4 is 10.5 Å². The van der Waals surface area contributed by atoms with Crippen molar-refractivity contribution in [1.82, 2.24) is 4.90 Å². The number of phenols is 1. The molecule has 1 aromatic rings. The standard InChI is InChI=1S/C16H24N2O3/c1-21-15-8-7-12(11-14(15)19)16(20)18(10-4-9-17)13-5-2-3-6-13/h7-8,11,13,19H,2-6,9-10,17H2,1H3. The average molecular weight is 292 g/mol. The van der Waals surface area contributed by atoms with E-state index in [0.29, 0.717) is 30.4 Å². The molecule has 1 saturated carbocycles. The molecule has 0 radical (unpaired) electrons. The maximum absolute atomic E-state index is 12.7. The quantitative estimate of drug-likeness (QED) is 0.842. The third kappa shape index (κ3) is 3.67. The van der Waals surface area contributed by atoms with Crippen molar-refractivity contribution in [3.63, 3.8) is 0 Å². The Hall–Kier alpha value is -1.75. The molecule has 0 aliphatic heterocycles. The van der Waals surface area contributed by atoms with Crippen molar-refractivity contribution in [3.05, 3.63) is 23.8 Å². The van der Waals surface area contributed by atoms with Crippen molar-refractivity contribution in [2.45, 2.75) is 38.1 Å². The van der Waals surface area contributed by atoms with Crippen molar-refractivity contribution in [2.75, 3.05) is 20.2 Å². The number of carbonyl (C=O) groups is 1. The molecule has 0 saturated heterocycles. The summed E-state index contributed by atoms with van der Waals surface area (Å²) in [5.41, 5.74) is 6.08. The molecule has 5 heteroatoms. The van der Waals surface area contributed by atoms with Gasteiger partial charge in [0.1, 0.15) is 0 Å². The van der Waals surface area contributed by atoms with Gasteiger partial charge >= 0.3 is 0 Å². The van der Waals surface area contributed by atoms with Crippen LogP contribution in [-0.2, 0) is 0 Å². The monoisotopic (exact) mass is 292 g/mol. The van der Waals surface area contributed by atoms with Crippen LogP contribution in [0.2, 0.25) is 0 Å². The van der Waals surface area contributed by atoms with Crippen molar-refractivity contribution in [1.29, 1.82) is 0 Å². The molecule has 21 heavy (non-hydrogen) atoms. The van der Waals surface area contributed by atoms with Gasteiger partial charge in [0, 0.05) is 18.2 Å². The van der Waals surface area contributed by atoms with Crippen LogP contribution in [0.25, 0.3) is 0 Å². The van der Waals surface area contributed by atoms with E-state index < -0.39 is 0 Å². The largest absolute Gasteiger partial charge is 0.504 e. The van der Waals surface area contributed by atoms with E-state index >= 15 is 0 Å². The van der Waals surface area contributed by atoms with Gasteiger partial charge in [-0.25, -0.2) is 0 Å². The van der Waals surface area contributed by atoms with Gasteiger partial charge in [0.15, 0.2) is 11.5 Å². The fourth-order valence-corrected chi connectivity index (χ4v) is 2.92. The first kappa shape index (κ1) is 15.6. The molecule has 0 aromatic heterocycles. The Labute approximate surface area is 125 Å². The summed E-state index contributed by atoms with van der Waals surface area (Å²) >= 11 is 0. The lowest BCUT2D eigenvalue weighted by molar-refractivity contribution is 0.0680. The first-order valence-corrected chi connectivity index (χ1v) is 7.55. The first-order chi connectivity index (χ1) is 10.2. The maximum atomic E-state index is 12.7. The highest BCUT2D eigenvalue weighted by molar-refractivity contribution is 5.95. The van der Waals surface area contributed by atoms with E-state index in [1.165, 1.54) is 26.0 Å². The van der Waals surface area contributed by atoms with E-state index in [1.807, 2.05) is 4.90 Å². The van der Waals surface area contributed by atoms with Gasteiger partial charge in [-0.15, -0.1) is 0 Å². The van der Waals surface area contributed by atoms with Crippen LogP contribution in [0.15, 0.2) is 18.2 Å². The van der Waals surface area contributed by atoms with E-state index in [2.05, 4.69) is 0 Å². The number of aromatic hydroxyl groups is 1. The average Bonchev–Trinajstić information content (AvgIpc) is 3.01. The fourth-order valence-electron chi connectivity index (χ4n) is 2.92. The van der Waals surface area contributed by atoms with Gasteiger partial charge in [-0.3, -0.25) is 4.79 Å². The second-order valence-electron chi connectivity index (χ2n) is 5.47. The van der Waals surface area contributed by atoms with Gasteiger partial charge in [-0.2, -0.15) is 0 Å². The number of carbonyl (C=O) groups excluding carboxylic acids is 1. The molecule has 0 atom stereocenters. The van der Waals surface area contributed by atoms with Crippen LogP contribution in [0.1, 0.15) is 42.5 Å². The summed E-state index contributed by atoms with van der Waals surface area (Å²) in [6.07, 6.45) is 5.25. The van der Waals surface area contributed by atoms with Crippen molar-refractivity contribution >= 4 is 5.91 Å². The molecule has 2 rings (SSSR count). The molecule has 3 N–H and O–H groups in total. The zero-order chi connectivity index (χ0) is 15.2. The van der Waals surface area contributed by atoms with Gasteiger partial charge in [-0.1, -0.05) is 12.8 Å². The lowest BCUT2D eigenvalue weighted by Crippen LogP contribution is -2.40. The number of amides is 1. The first-order valence-electron chi connectivity index (χ1n) is 7.55. The van der Waals surface area contributed by atoms with Crippen LogP contribution in [0, 0.1) is 0 Å². The van der Waals surface area contributed by atoms with E-state index in [-0.39, 0.29) is 11.7 Å². The summed E-state index contributed by atoms with van der Waals surface area (Å²) in [6.45, 7) is 1.25. The number of benzene rings is 1. The molecule has 0 unspecified atom stereocenters. The van der Waals surface area contributed by atoms with E-state index in [1.54, 1.807) is 12.1 Å². The molecular formula is C16H24N2O3. The molecule has 0 bridgehead atoms. The Bertz CT molecular complexity index is 484.